The first-order valence-electron chi connectivity index (χ1n) is 10.4. The van der Waals surface area contributed by atoms with Crippen molar-refractivity contribution in [3.05, 3.63) is 95.3 Å². The number of halogens is 1. The number of hydrogen-bond acceptors (Lipinski definition) is 6. The van der Waals surface area contributed by atoms with Crippen LogP contribution < -0.4 is 11.1 Å². The van der Waals surface area contributed by atoms with Crippen LogP contribution in [0.3, 0.4) is 0 Å². The third-order valence-corrected chi connectivity index (χ3v) is 6.07. The van der Waals surface area contributed by atoms with Gasteiger partial charge in [0.25, 0.3) is 5.91 Å². The number of amides is 2. The highest BCUT2D eigenvalue weighted by Gasteiger charge is 2.28. The van der Waals surface area contributed by atoms with Crippen LogP contribution in [0, 0.1) is 5.82 Å². The van der Waals surface area contributed by atoms with Gasteiger partial charge in [0.1, 0.15) is 22.2 Å². The van der Waals surface area contributed by atoms with Gasteiger partial charge in [-0.1, -0.05) is 30.3 Å². The fourth-order valence-electron chi connectivity index (χ4n) is 3.45. The summed E-state index contributed by atoms with van der Waals surface area (Å²) in [5, 5.41) is 15.5. The molecule has 34 heavy (non-hydrogen) atoms. The second-order valence-corrected chi connectivity index (χ2v) is 8.42. The summed E-state index contributed by atoms with van der Waals surface area (Å²) in [6.45, 7) is 0. The standard InChI is InChI=1S/C25H21FN4O3S/c26-17-10-8-16(9-11-17)25-30-20(14-34-25)21-18(7-4-12-28-21)24(33)29-19(22(31)23(27)32)13-15-5-2-1-3-6-15/h1-12,14,19,22,31H,13H2,(H2,27,32)(H,29,33). The molecule has 0 spiro atoms. The maximum atomic E-state index is 13.2. The summed E-state index contributed by atoms with van der Waals surface area (Å²) in [6.07, 6.45) is 0.175. The highest BCUT2D eigenvalue weighted by molar-refractivity contribution is 7.13. The first-order chi connectivity index (χ1) is 16.4. The molecule has 4 aromatic rings. The largest absolute Gasteiger partial charge is 0.381 e. The third kappa shape index (κ3) is 5.33. The van der Waals surface area contributed by atoms with Crippen molar-refractivity contribution in [1.29, 1.82) is 0 Å². The van der Waals surface area contributed by atoms with Crippen molar-refractivity contribution in [3.8, 4) is 22.0 Å². The average molecular weight is 477 g/mol. The number of aliphatic hydroxyl groups is 1. The Kier molecular flexibility index (Phi) is 7.05. The van der Waals surface area contributed by atoms with E-state index < -0.39 is 24.0 Å². The minimum absolute atomic E-state index is 0.206. The third-order valence-electron chi connectivity index (χ3n) is 5.18. The molecule has 0 fully saturated rings. The van der Waals surface area contributed by atoms with Gasteiger partial charge in [0.15, 0.2) is 6.10 Å². The van der Waals surface area contributed by atoms with E-state index >= 15 is 0 Å². The molecule has 2 atom stereocenters. The molecule has 9 heteroatoms. The first kappa shape index (κ1) is 23.2. The lowest BCUT2D eigenvalue weighted by Crippen LogP contribution is -2.50. The minimum Gasteiger partial charge on any atom is -0.381 e. The number of nitrogens with two attached hydrogens (primary N) is 1. The zero-order chi connectivity index (χ0) is 24.1. The van der Waals surface area contributed by atoms with E-state index in [2.05, 4.69) is 15.3 Å². The Morgan fingerprint density at radius 1 is 1.06 bits per heavy atom. The Labute approximate surface area is 199 Å². The van der Waals surface area contributed by atoms with E-state index in [4.69, 9.17) is 5.73 Å². The molecule has 2 unspecified atom stereocenters. The second-order valence-electron chi connectivity index (χ2n) is 7.56. The molecular formula is C25H21FN4O3S. The molecule has 0 bridgehead atoms. The highest BCUT2D eigenvalue weighted by Crippen LogP contribution is 2.29. The number of thiazole rings is 1. The number of rotatable bonds is 8. The number of benzene rings is 2. The molecule has 0 saturated carbocycles. The quantitative estimate of drug-likeness (QED) is 0.361. The minimum atomic E-state index is -1.58. The predicted octanol–water partition coefficient (Wildman–Crippen LogP) is 3.20. The van der Waals surface area contributed by atoms with E-state index in [-0.39, 0.29) is 17.8 Å². The SMILES string of the molecule is NC(=O)C(O)C(Cc1ccccc1)NC(=O)c1cccnc1-c1csc(-c2ccc(F)cc2)n1. The number of nitrogens with one attached hydrogen (secondary N) is 1. The maximum Gasteiger partial charge on any atom is 0.253 e. The monoisotopic (exact) mass is 476 g/mol. The van der Waals surface area contributed by atoms with Gasteiger partial charge in [0.05, 0.1) is 11.6 Å². The summed E-state index contributed by atoms with van der Waals surface area (Å²) in [6, 6.07) is 17.4. The van der Waals surface area contributed by atoms with Crippen LogP contribution in [0.1, 0.15) is 15.9 Å². The van der Waals surface area contributed by atoms with Crippen LogP contribution in [-0.2, 0) is 11.2 Å². The lowest BCUT2D eigenvalue weighted by atomic mass is 10.00. The first-order valence-corrected chi connectivity index (χ1v) is 11.3. The summed E-state index contributed by atoms with van der Waals surface area (Å²) < 4.78 is 13.2. The van der Waals surface area contributed by atoms with Crippen molar-refractivity contribution in [3.63, 3.8) is 0 Å². The summed E-state index contributed by atoms with van der Waals surface area (Å²) in [4.78, 5) is 33.8. The average Bonchev–Trinajstić information content (AvgIpc) is 3.34. The number of carbonyl (C=O) groups excluding carboxylic acids is 2. The molecule has 0 radical (unpaired) electrons. The molecule has 2 aromatic carbocycles. The molecule has 2 aromatic heterocycles. The Morgan fingerprint density at radius 2 is 1.79 bits per heavy atom. The molecule has 0 aliphatic rings. The van der Waals surface area contributed by atoms with Gasteiger partial charge in [-0.3, -0.25) is 14.6 Å². The van der Waals surface area contributed by atoms with E-state index in [0.717, 1.165) is 11.1 Å². The molecule has 4 N–H and O–H groups in total. The van der Waals surface area contributed by atoms with Crippen LogP contribution in [0.15, 0.2) is 78.3 Å². The number of carbonyl (C=O) groups is 2. The second kappa shape index (κ2) is 10.3. The summed E-state index contributed by atoms with van der Waals surface area (Å²) in [7, 11) is 0. The number of primary amides is 1. The van der Waals surface area contributed by atoms with Crippen LogP contribution >= 0.6 is 11.3 Å². The zero-order valence-electron chi connectivity index (χ0n) is 17.9. The Morgan fingerprint density at radius 3 is 2.50 bits per heavy atom. The number of pyridine rings is 1. The molecule has 2 amide bonds. The van der Waals surface area contributed by atoms with Gasteiger partial charge in [0.2, 0.25) is 5.91 Å². The van der Waals surface area contributed by atoms with E-state index in [9.17, 15) is 19.1 Å². The molecular weight excluding hydrogens is 455 g/mol. The van der Waals surface area contributed by atoms with Gasteiger partial charge in [-0.05, 0) is 48.4 Å². The van der Waals surface area contributed by atoms with Gasteiger partial charge in [0, 0.05) is 17.1 Å². The lowest BCUT2D eigenvalue weighted by Gasteiger charge is -2.22. The summed E-state index contributed by atoms with van der Waals surface area (Å²) in [5.41, 5.74) is 7.92. The smallest absolute Gasteiger partial charge is 0.253 e. The number of aromatic nitrogens is 2. The van der Waals surface area contributed by atoms with E-state index in [1.54, 1.807) is 35.8 Å². The number of hydrogen-bond donors (Lipinski definition) is 3. The number of aliphatic hydroxyl groups excluding tert-OH is 1. The molecule has 0 saturated heterocycles. The highest BCUT2D eigenvalue weighted by atomic mass is 32.1. The molecule has 2 heterocycles. The fraction of sp³-hybridized carbons (Fsp3) is 0.120. The van der Waals surface area contributed by atoms with Crippen LogP contribution in [-0.4, -0.2) is 39.0 Å². The van der Waals surface area contributed by atoms with Crippen molar-refractivity contribution in [2.24, 2.45) is 5.73 Å². The molecule has 0 aliphatic heterocycles. The normalized spacial score (nSPS) is 12.6. The lowest BCUT2D eigenvalue weighted by molar-refractivity contribution is -0.127. The van der Waals surface area contributed by atoms with E-state index in [1.165, 1.54) is 23.5 Å². The Hall–Kier alpha value is -3.95. The van der Waals surface area contributed by atoms with Gasteiger partial charge >= 0.3 is 0 Å². The van der Waals surface area contributed by atoms with Gasteiger partial charge in [-0.25, -0.2) is 9.37 Å². The van der Waals surface area contributed by atoms with Crippen molar-refractivity contribution < 1.29 is 19.1 Å². The summed E-state index contributed by atoms with van der Waals surface area (Å²) >= 11 is 1.34. The van der Waals surface area contributed by atoms with Crippen molar-refractivity contribution in [1.82, 2.24) is 15.3 Å². The molecule has 0 aliphatic carbocycles. The predicted molar refractivity (Wildman–Crippen MR) is 127 cm³/mol. The van der Waals surface area contributed by atoms with Crippen LogP contribution in [0.25, 0.3) is 22.0 Å². The maximum absolute atomic E-state index is 13.2. The topological polar surface area (TPSA) is 118 Å². The Bertz CT molecular complexity index is 1300. The van der Waals surface area contributed by atoms with E-state index in [0.29, 0.717) is 16.4 Å². The van der Waals surface area contributed by atoms with Crippen molar-refractivity contribution >= 4 is 23.2 Å². The van der Waals surface area contributed by atoms with Gasteiger partial charge in [-0.2, -0.15) is 0 Å². The fourth-order valence-corrected chi connectivity index (χ4v) is 4.27. The van der Waals surface area contributed by atoms with Gasteiger partial charge in [-0.15, -0.1) is 11.3 Å². The Balaban J connectivity index is 1.60. The van der Waals surface area contributed by atoms with Crippen LogP contribution in [0.4, 0.5) is 4.39 Å². The molecule has 4 rings (SSSR count). The summed E-state index contributed by atoms with van der Waals surface area (Å²) in [5.74, 6) is -1.80. The molecule has 7 nitrogen and oxygen atoms in total. The van der Waals surface area contributed by atoms with Gasteiger partial charge < -0.3 is 16.2 Å². The number of nitrogens with zero attached hydrogens (tertiary/aromatic N) is 2. The van der Waals surface area contributed by atoms with Crippen molar-refractivity contribution in [2.45, 2.75) is 18.6 Å². The zero-order valence-corrected chi connectivity index (χ0v) is 18.7. The van der Waals surface area contributed by atoms with E-state index in [1.807, 2.05) is 30.3 Å². The van der Waals surface area contributed by atoms with Crippen LogP contribution in [0.2, 0.25) is 0 Å². The van der Waals surface area contributed by atoms with Crippen molar-refractivity contribution in [2.75, 3.05) is 0 Å². The molecule has 172 valence electrons. The van der Waals surface area contributed by atoms with Crippen LogP contribution in [0.5, 0.6) is 0 Å².